The van der Waals surface area contributed by atoms with E-state index in [1.54, 1.807) is 12.7 Å². The lowest BCUT2D eigenvalue weighted by molar-refractivity contribution is 0.656. The first-order valence-corrected chi connectivity index (χ1v) is 15.1. The molecule has 1 fully saturated rings. The fourth-order valence-corrected chi connectivity index (χ4v) is 6.23. The number of nitrogens with zero attached hydrogens (tertiary/aromatic N) is 7. The van der Waals surface area contributed by atoms with Gasteiger partial charge >= 0.3 is 0 Å². The molecule has 1 aliphatic carbocycles. The summed E-state index contributed by atoms with van der Waals surface area (Å²) in [6.07, 6.45) is 15.7. The Morgan fingerprint density at radius 2 is 1.07 bits per heavy atom. The van der Waals surface area contributed by atoms with Gasteiger partial charge in [0.2, 0.25) is 0 Å². The Balaban J connectivity index is 1.25. The number of hydrogen-bond donors (Lipinski definition) is 0. The summed E-state index contributed by atoms with van der Waals surface area (Å²) < 4.78 is 0. The molecule has 216 valence electrons. The van der Waals surface area contributed by atoms with Crippen LogP contribution in [-0.4, -0.2) is 36.1 Å². The summed E-state index contributed by atoms with van der Waals surface area (Å²) in [5, 5.41) is 0. The van der Waals surface area contributed by atoms with E-state index in [9.17, 15) is 0 Å². The lowest BCUT2D eigenvalue weighted by Crippen LogP contribution is -1.99. The van der Waals surface area contributed by atoms with E-state index in [4.69, 9.17) is 9.97 Å². The number of fused-ring (bicyclic) bond motifs is 1. The van der Waals surface area contributed by atoms with Crippen LogP contribution in [0.5, 0.6) is 0 Å². The van der Waals surface area contributed by atoms with Gasteiger partial charge in [-0.1, -0.05) is 61.5 Å². The van der Waals surface area contributed by atoms with Crippen molar-refractivity contribution in [3.63, 3.8) is 0 Å². The van der Waals surface area contributed by atoms with Crippen LogP contribution in [0.2, 0.25) is 0 Å². The van der Waals surface area contributed by atoms with Crippen molar-refractivity contribution in [3.05, 3.63) is 128 Å². The van der Waals surface area contributed by atoms with Crippen molar-refractivity contribution in [2.45, 2.75) is 13.3 Å². The molecule has 0 N–H and O–H groups in total. The molecule has 7 nitrogen and oxygen atoms in total. The van der Waals surface area contributed by atoms with Crippen LogP contribution >= 0.6 is 0 Å². The van der Waals surface area contributed by atoms with Gasteiger partial charge in [-0.3, -0.25) is 4.99 Å². The predicted octanol–water partition coefficient (Wildman–Crippen LogP) is 8.09. The fraction of sp³-hybridized carbons (Fsp3) is 0.132. The molecule has 3 unspecified atom stereocenters. The molecule has 8 rings (SSSR count). The van der Waals surface area contributed by atoms with Crippen LogP contribution < -0.4 is 0 Å². The molecule has 1 saturated carbocycles. The first-order valence-electron chi connectivity index (χ1n) is 15.1. The highest BCUT2D eigenvalue weighted by Gasteiger charge is 2.44. The van der Waals surface area contributed by atoms with Crippen LogP contribution in [0.3, 0.4) is 0 Å². The molecule has 7 heteroatoms. The zero-order valence-electron chi connectivity index (χ0n) is 24.7. The number of hydrogen-bond acceptors (Lipinski definition) is 7. The molecule has 4 heterocycles. The van der Waals surface area contributed by atoms with Crippen LogP contribution in [0.15, 0.2) is 127 Å². The Bertz CT molecular complexity index is 1970. The minimum Gasteiger partial charge on any atom is -0.268 e. The van der Waals surface area contributed by atoms with E-state index < -0.39 is 0 Å². The second-order valence-electron chi connectivity index (χ2n) is 11.7. The molecule has 0 radical (unpaired) electrons. The van der Waals surface area contributed by atoms with Gasteiger partial charge in [0.15, 0.2) is 5.82 Å². The maximum absolute atomic E-state index is 5.15. The quantitative estimate of drug-likeness (QED) is 0.197. The van der Waals surface area contributed by atoms with Gasteiger partial charge in [-0.15, -0.1) is 0 Å². The summed E-state index contributed by atoms with van der Waals surface area (Å²) in [7, 11) is 0. The third-order valence-electron chi connectivity index (χ3n) is 8.73. The second-order valence-corrected chi connectivity index (χ2v) is 11.7. The van der Waals surface area contributed by atoms with E-state index in [0.29, 0.717) is 23.6 Å². The predicted molar refractivity (Wildman–Crippen MR) is 178 cm³/mol. The molecule has 1 aliphatic heterocycles. The van der Waals surface area contributed by atoms with Gasteiger partial charge in [-0.25, -0.2) is 29.9 Å². The highest BCUT2D eigenvalue weighted by molar-refractivity contribution is 5.80. The minimum atomic E-state index is 0.505. The zero-order chi connectivity index (χ0) is 30.2. The van der Waals surface area contributed by atoms with Gasteiger partial charge in [0.1, 0.15) is 12.7 Å². The Kier molecular flexibility index (Phi) is 6.83. The van der Waals surface area contributed by atoms with E-state index in [0.717, 1.165) is 50.3 Å². The maximum Gasteiger partial charge on any atom is 0.160 e. The summed E-state index contributed by atoms with van der Waals surface area (Å²) in [4.78, 5) is 31.8. The van der Waals surface area contributed by atoms with Gasteiger partial charge in [0.25, 0.3) is 0 Å². The average Bonchev–Trinajstić information content (AvgIpc) is 3.93. The summed E-state index contributed by atoms with van der Waals surface area (Å²) in [6.45, 7) is 2.27. The number of aliphatic imine (C=N–C) groups is 1. The van der Waals surface area contributed by atoms with Crippen LogP contribution in [0.4, 0.5) is 0 Å². The topological polar surface area (TPSA) is 89.7 Å². The zero-order valence-corrected chi connectivity index (χ0v) is 24.7. The van der Waals surface area contributed by atoms with E-state index in [1.807, 2.05) is 43.1 Å². The maximum atomic E-state index is 5.15. The first-order chi connectivity index (χ1) is 22.2. The Morgan fingerprint density at radius 1 is 0.556 bits per heavy atom. The van der Waals surface area contributed by atoms with E-state index in [1.165, 1.54) is 17.6 Å². The van der Waals surface area contributed by atoms with Gasteiger partial charge < -0.3 is 0 Å². The van der Waals surface area contributed by atoms with Crippen molar-refractivity contribution in [2.75, 3.05) is 0 Å². The van der Waals surface area contributed by atoms with Crippen molar-refractivity contribution in [2.24, 2.45) is 22.7 Å². The molecular formula is C38H29N7. The highest BCUT2D eigenvalue weighted by atomic mass is 14.9. The van der Waals surface area contributed by atoms with Crippen molar-refractivity contribution in [3.8, 4) is 56.2 Å². The monoisotopic (exact) mass is 583 g/mol. The van der Waals surface area contributed by atoms with Gasteiger partial charge in [0.05, 0.1) is 11.4 Å². The molecule has 0 amide bonds. The molecule has 0 spiro atoms. The molecule has 3 aromatic heterocycles. The summed E-state index contributed by atoms with van der Waals surface area (Å²) in [5.41, 5.74) is 11.0. The highest BCUT2D eigenvalue weighted by Crippen LogP contribution is 2.53. The Morgan fingerprint density at radius 3 is 1.67 bits per heavy atom. The minimum absolute atomic E-state index is 0.505. The molecule has 3 atom stereocenters. The van der Waals surface area contributed by atoms with Crippen molar-refractivity contribution in [1.82, 2.24) is 29.9 Å². The van der Waals surface area contributed by atoms with Crippen LogP contribution in [0.25, 0.3) is 61.7 Å². The molecular weight excluding hydrogens is 554 g/mol. The molecule has 45 heavy (non-hydrogen) atoms. The Hall–Kier alpha value is -5.69. The number of benzene rings is 3. The third-order valence-corrected chi connectivity index (χ3v) is 8.73. The molecule has 6 aromatic rings. The largest absolute Gasteiger partial charge is 0.268 e. The van der Waals surface area contributed by atoms with Crippen LogP contribution in [0.1, 0.15) is 18.9 Å². The fourth-order valence-electron chi connectivity index (χ4n) is 6.23. The van der Waals surface area contributed by atoms with Crippen LogP contribution in [-0.2, 0) is 0 Å². The van der Waals surface area contributed by atoms with E-state index in [-0.39, 0.29) is 0 Å². The number of rotatable bonds is 6. The van der Waals surface area contributed by atoms with E-state index >= 15 is 0 Å². The summed E-state index contributed by atoms with van der Waals surface area (Å²) in [5.74, 6) is 2.40. The molecule has 0 bridgehead atoms. The average molecular weight is 584 g/mol. The SMILES string of the molecule is CC1C=NC=C(c2cccc(-c3nc(-c4cccc(-c5cncnc5)c4)cc(-c4cccc(-c5cncnc5)c4)n3)c2)C2CC12. The van der Waals surface area contributed by atoms with Gasteiger partial charge in [-0.05, 0) is 70.7 Å². The van der Waals surface area contributed by atoms with Gasteiger partial charge in [-0.2, -0.15) is 0 Å². The standard InChI is InChI=1S/C38H29N7/c1-24-16-39-21-35(34-14-33(24)34)27-7-4-10-30(13-27)38-44-36(28-8-2-5-25(11-28)31-17-40-22-41-18-31)15-37(45-38)29-9-3-6-26(12-29)32-19-42-23-43-20-32/h2-13,15-24,33-34H,14H2,1H3. The van der Waals surface area contributed by atoms with Crippen molar-refractivity contribution in [1.29, 1.82) is 0 Å². The summed E-state index contributed by atoms with van der Waals surface area (Å²) >= 11 is 0. The van der Waals surface area contributed by atoms with Gasteiger partial charge in [0, 0.05) is 65.0 Å². The number of allylic oxidation sites excluding steroid dienone is 1. The molecule has 2 aliphatic rings. The lowest BCUT2D eigenvalue weighted by Gasteiger charge is -2.13. The normalized spacial score (nSPS) is 18.5. The lowest BCUT2D eigenvalue weighted by atomic mass is 9.96. The summed E-state index contributed by atoms with van der Waals surface area (Å²) in [6, 6.07) is 27.3. The van der Waals surface area contributed by atoms with Crippen molar-refractivity contribution >= 4 is 11.8 Å². The van der Waals surface area contributed by atoms with Crippen LogP contribution in [0, 0.1) is 17.8 Å². The second kappa shape index (κ2) is 11.4. The molecule has 3 aromatic carbocycles. The number of aromatic nitrogens is 6. The molecule has 0 saturated heterocycles. The van der Waals surface area contributed by atoms with E-state index in [2.05, 4.69) is 105 Å². The first kappa shape index (κ1) is 26.9. The smallest absolute Gasteiger partial charge is 0.160 e. The Labute approximate surface area is 261 Å². The van der Waals surface area contributed by atoms with Crippen molar-refractivity contribution < 1.29 is 0 Å². The third kappa shape index (κ3) is 5.45.